The molecule has 3 heteroatoms. The second-order valence-electron chi connectivity index (χ2n) is 4.28. The van der Waals surface area contributed by atoms with Crippen molar-refractivity contribution in [2.45, 2.75) is 25.8 Å². The molecule has 2 rings (SSSR count). The molecule has 1 N–H and O–H groups in total. The summed E-state index contributed by atoms with van der Waals surface area (Å²) < 4.78 is 0. The lowest BCUT2D eigenvalue weighted by Crippen LogP contribution is -2.35. The molecular weight excluding hydrogens is 200 g/mol. The van der Waals surface area contributed by atoms with Gasteiger partial charge in [-0.15, -0.1) is 0 Å². The Labute approximate surface area is 95.1 Å². The fraction of sp³-hybridized carbons (Fsp3) is 0.385. The summed E-state index contributed by atoms with van der Waals surface area (Å²) in [5, 5.41) is 11.7. The molecule has 0 radical (unpaired) electrons. The Morgan fingerprint density at radius 2 is 2.06 bits per heavy atom. The van der Waals surface area contributed by atoms with E-state index in [0.29, 0.717) is 11.5 Å². The molecule has 1 aliphatic rings. The lowest BCUT2D eigenvalue weighted by atomic mass is 10.1. The number of carbonyl (C=O) groups is 1. The molecule has 82 valence electrons. The zero-order valence-corrected chi connectivity index (χ0v) is 9.23. The molecule has 1 aromatic rings. The summed E-state index contributed by atoms with van der Waals surface area (Å²) in [5.41, 5.74) is 1.74. The van der Waals surface area contributed by atoms with Gasteiger partial charge in [-0.1, -0.05) is 17.7 Å². The van der Waals surface area contributed by atoms with Gasteiger partial charge in [-0.2, -0.15) is 5.26 Å². The minimum Gasteiger partial charge on any atom is -0.336 e. The Balaban J connectivity index is 2.02. The molecule has 0 spiro atoms. The van der Waals surface area contributed by atoms with Crippen molar-refractivity contribution in [1.82, 2.24) is 5.32 Å². The second kappa shape index (κ2) is 4.36. The summed E-state index contributed by atoms with van der Waals surface area (Å²) in [6.07, 6.45) is 2.10. The highest BCUT2D eigenvalue weighted by atomic mass is 16.1. The Morgan fingerprint density at radius 3 is 2.56 bits per heavy atom. The van der Waals surface area contributed by atoms with Crippen LogP contribution in [0.15, 0.2) is 24.3 Å². The van der Waals surface area contributed by atoms with E-state index in [1.807, 2.05) is 19.1 Å². The molecule has 16 heavy (non-hydrogen) atoms. The standard InChI is InChI=1S/C13H14N2O/c1-9-2-4-11(5-3-9)13(16)15-12(8-14)10-6-7-10/h2-5,10,12H,6-7H2,1H3,(H,15,16). The van der Waals surface area contributed by atoms with Crippen molar-refractivity contribution in [3.8, 4) is 6.07 Å². The number of rotatable bonds is 3. The molecule has 0 aromatic heterocycles. The quantitative estimate of drug-likeness (QED) is 0.837. The third-order valence-corrected chi connectivity index (χ3v) is 2.83. The molecule has 3 nitrogen and oxygen atoms in total. The summed E-state index contributed by atoms with van der Waals surface area (Å²) in [7, 11) is 0. The first-order valence-electron chi connectivity index (χ1n) is 5.48. The number of hydrogen-bond donors (Lipinski definition) is 1. The van der Waals surface area contributed by atoms with Crippen LogP contribution in [-0.2, 0) is 0 Å². The Bertz CT molecular complexity index is 426. The summed E-state index contributed by atoms with van der Waals surface area (Å²) in [5.74, 6) is 0.206. The molecule has 0 heterocycles. The van der Waals surface area contributed by atoms with Crippen molar-refractivity contribution in [3.63, 3.8) is 0 Å². The third kappa shape index (κ3) is 2.40. The van der Waals surface area contributed by atoms with Crippen LogP contribution in [0.3, 0.4) is 0 Å². The van der Waals surface area contributed by atoms with Gasteiger partial charge in [-0.25, -0.2) is 0 Å². The highest BCUT2D eigenvalue weighted by Gasteiger charge is 2.32. The normalized spacial score (nSPS) is 16.2. The fourth-order valence-electron chi connectivity index (χ4n) is 1.61. The number of amides is 1. The van der Waals surface area contributed by atoms with Gasteiger partial charge in [-0.05, 0) is 37.8 Å². The second-order valence-corrected chi connectivity index (χ2v) is 4.28. The fourth-order valence-corrected chi connectivity index (χ4v) is 1.61. The van der Waals surface area contributed by atoms with Crippen LogP contribution in [0.25, 0.3) is 0 Å². The van der Waals surface area contributed by atoms with E-state index in [-0.39, 0.29) is 11.9 Å². The first-order chi connectivity index (χ1) is 7.70. The van der Waals surface area contributed by atoms with E-state index >= 15 is 0 Å². The Hall–Kier alpha value is -1.82. The number of nitriles is 1. The minimum absolute atomic E-state index is 0.154. The van der Waals surface area contributed by atoms with E-state index in [2.05, 4.69) is 11.4 Å². The van der Waals surface area contributed by atoms with Crippen LogP contribution in [0.1, 0.15) is 28.8 Å². The van der Waals surface area contributed by atoms with Gasteiger partial charge in [0.2, 0.25) is 0 Å². The summed E-state index contributed by atoms with van der Waals surface area (Å²) >= 11 is 0. The molecule has 1 fully saturated rings. The number of hydrogen-bond acceptors (Lipinski definition) is 2. The highest BCUT2D eigenvalue weighted by molar-refractivity contribution is 5.94. The molecule has 1 atom stereocenters. The van der Waals surface area contributed by atoms with Crippen LogP contribution >= 0.6 is 0 Å². The number of carbonyl (C=O) groups excluding carboxylic acids is 1. The van der Waals surface area contributed by atoms with Gasteiger partial charge in [0.05, 0.1) is 6.07 Å². The molecule has 0 bridgehead atoms. The molecule has 0 saturated heterocycles. The summed E-state index contributed by atoms with van der Waals surface area (Å²) in [4.78, 5) is 11.8. The smallest absolute Gasteiger partial charge is 0.252 e. The van der Waals surface area contributed by atoms with E-state index in [9.17, 15) is 4.79 Å². The molecular formula is C13H14N2O. The van der Waals surface area contributed by atoms with E-state index in [1.165, 1.54) is 0 Å². The van der Waals surface area contributed by atoms with Gasteiger partial charge < -0.3 is 5.32 Å². The van der Waals surface area contributed by atoms with Crippen molar-refractivity contribution in [2.75, 3.05) is 0 Å². The highest BCUT2D eigenvalue weighted by Crippen LogP contribution is 2.32. The lowest BCUT2D eigenvalue weighted by molar-refractivity contribution is 0.0942. The largest absolute Gasteiger partial charge is 0.336 e. The maximum absolute atomic E-state index is 11.8. The van der Waals surface area contributed by atoms with Gasteiger partial charge in [0.1, 0.15) is 6.04 Å². The predicted molar refractivity (Wildman–Crippen MR) is 60.8 cm³/mol. The van der Waals surface area contributed by atoms with Gasteiger partial charge in [0.25, 0.3) is 5.91 Å². The van der Waals surface area contributed by atoms with Crippen LogP contribution in [0, 0.1) is 24.2 Å². The van der Waals surface area contributed by atoms with Crippen molar-refractivity contribution in [2.24, 2.45) is 5.92 Å². The van der Waals surface area contributed by atoms with Crippen molar-refractivity contribution in [1.29, 1.82) is 5.26 Å². The van der Waals surface area contributed by atoms with Crippen LogP contribution < -0.4 is 5.32 Å². The number of nitrogens with one attached hydrogen (secondary N) is 1. The predicted octanol–water partition coefficient (Wildman–Crippen LogP) is 2.03. The van der Waals surface area contributed by atoms with Crippen LogP contribution in [0.2, 0.25) is 0 Å². The van der Waals surface area contributed by atoms with Crippen LogP contribution in [-0.4, -0.2) is 11.9 Å². The molecule has 1 aromatic carbocycles. The minimum atomic E-state index is -0.325. The van der Waals surface area contributed by atoms with Gasteiger partial charge in [-0.3, -0.25) is 4.79 Å². The van der Waals surface area contributed by atoms with E-state index in [0.717, 1.165) is 18.4 Å². The average Bonchev–Trinajstić information content (AvgIpc) is 3.10. The number of benzene rings is 1. The van der Waals surface area contributed by atoms with E-state index in [1.54, 1.807) is 12.1 Å². The lowest BCUT2D eigenvalue weighted by Gasteiger charge is -2.10. The molecule has 1 unspecified atom stereocenters. The first kappa shape index (κ1) is 10.7. The summed E-state index contributed by atoms with van der Waals surface area (Å²) in [6.45, 7) is 1.98. The van der Waals surface area contributed by atoms with Crippen LogP contribution in [0.4, 0.5) is 0 Å². The molecule has 1 aliphatic carbocycles. The molecule has 1 saturated carbocycles. The Kier molecular flexibility index (Phi) is 2.91. The topological polar surface area (TPSA) is 52.9 Å². The zero-order chi connectivity index (χ0) is 11.5. The van der Waals surface area contributed by atoms with Gasteiger partial charge >= 0.3 is 0 Å². The monoisotopic (exact) mass is 214 g/mol. The maximum Gasteiger partial charge on any atom is 0.252 e. The zero-order valence-electron chi connectivity index (χ0n) is 9.23. The molecule has 0 aliphatic heterocycles. The molecule has 1 amide bonds. The maximum atomic E-state index is 11.8. The van der Waals surface area contributed by atoms with Crippen LogP contribution in [0.5, 0.6) is 0 Å². The van der Waals surface area contributed by atoms with Crippen molar-refractivity contribution >= 4 is 5.91 Å². The van der Waals surface area contributed by atoms with E-state index < -0.39 is 0 Å². The third-order valence-electron chi connectivity index (χ3n) is 2.83. The SMILES string of the molecule is Cc1ccc(C(=O)NC(C#N)C2CC2)cc1. The number of nitrogens with zero attached hydrogens (tertiary/aromatic N) is 1. The van der Waals surface area contributed by atoms with Crippen molar-refractivity contribution in [3.05, 3.63) is 35.4 Å². The van der Waals surface area contributed by atoms with Crippen molar-refractivity contribution < 1.29 is 4.79 Å². The first-order valence-corrected chi connectivity index (χ1v) is 5.48. The number of aryl methyl sites for hydroxylation is 1. The average molecular weight is 214 g/mol. The van der Waals surface area contributed by atoms with Gasteiger partial charge in [0, 0.05) is 5.56 Å². The Morgan fingerprint density at radius 1 is 1.44 bits per heavy atom. The van der Waals surface area contributed by atoms with E-state index in [4.69, 9.17) is 5.26 Å². The summed E-state index contributed by atoms with van der Waals surface area (Å²) in [6, 6.07) is 9.18. The van der Waals surface area contributed by atoms with Gasteiger partial charge in [0.15, 0.2) is 0 Å².